The van der Waals surface area contributed by atoms with Gasteiger partial charge in [-0.25, -0.2) is 4.98 Å². The maximum absolute atomic E-state index is 9.34. The Morgan fingerprint density at radius 3 is 3.13 bits per heavy atom. The molecule has 2 N–H and O–H groups in total. The van der Waals surface area contributed by atoms with Gasteiger partial charge in [-0.05, 0) is 25.1 Å². The molecular weight excluding hydrogens is 190 g/mol. The molecule has 0 saturated carbocycles. The first-order valence-electron chi connectivity index (χ1n) is 5.21. The molecule has 0 aliphatic carbocycles. The molecule has 0 bridgehead atoms. The van der Waals surface area contributed by atoms with E-state index in [1.807, 2.05) is 16.7 Å². The molecule has 2 aromatic rings. The number of nitrogens with zero attached hydrogens (tertiary/aromatic N) is 2. The maximum atomic E-state index is 9.34. The second-order valence-corrected chi connectivity index (χ2v) is 4.01. The molecule has 0 amide bonds. The van der Waals surface area contributed by atoms with Crippen LogP contribution < -0.4 is 5.32 Å². The summed E-state index contributed by atoms with van der Waals surface area (Å²) in [6, 6.07) is 3.50. The Kier molecular flexibility index (Phi) is 1.89. The van der Waals surface area contributed by atoms with Crippen molar-refractivity contribution in [2.75, 3.05) is 13.1 Å². The average molecular weight is 203 g/mol. The maximum Gasteiger partial charge on any atom is 0.137 e. The summed E-state index contributed by atoms with van der Waals surface area (Å²) < 4.78 is 1.88. The van der Waals surface area contributed by atoms with Crippen LogP contribution in [0, 0.1) is 0 Å². The highest BCUT2D eigenvalue weighted by Crippen LogP contribution is 2.22. The number of aromatic nitrogens is 2. The topological polar surface area (TPSA) is 49.6 Å². The highest BCUT2D eigenvalue weighted by atomic mass is 16.3. The first-order chi connectivity index (χ1) is 7.33. The van der Waals surface area contributed by atoms with Crippen LogP contribution in [-0.4, -0.2) is 27.6 Å². The van der Waals surface area contributed by atoms with Gasteiger partial charge in [-0.2, -0.15) is 0 Å². The Morgan fingerprint density at radius 1 is 1.40 bits per heavy atom. The van der Waals surface area contributed by atoms with E-state index in [4.69, 9.17) is 0 Å². The number of hydrogen-bond acceptors (Lipinski definition) is 3. The van der Waals surface area contributed by atoms with Crippen LogP contribution in [0.1, 0.15) is 18.0 Å². The third-order valence-electron chi connectivity index (χ3n) is 2.93. The summed E-state index contributed by atoms with van der Waals surface area (Å²) in [4.78, 5) is 4.55. The van der Waals surface area contributed by atoms with Gasteiger partial charge in [0.1, 0.15) is 11.4 Å². The van der Waals surface area contributed by atoms with Gasteiger partial charge < -0.3 is 14.8 Å². The SMILES string of the molecule is Oc1ccc2nc(C3CCNC3)cn2c1. The number of aromatic hydroxyl groups is 1. The molecule has 0 spiro atoms. The van der Waals surface area contributed by atoms with Gasteiger partial charge in [0, 0.05) is 18.7 Å². The lowest BCUT2D eigenvalue weighted by Gasteiger charge is -2.01. The Balaban J connectivity index is 2.05. The van der Waals surface area contributed by atoms with Crippen molar-refractivity contribution in [2.45, 2.75) is 12.3 Å². The first kappa shape index (κ1) is 8.73. The molecule has 4 heteroatoms. The summed E-state index contributed by atoms with van der Waals surface area (Å²) in [5.74, 6) is 0.794. The Labute approximate surface area is 87.6 Å². The standard InChI is InChI=1S/C11H13N3O/c15-9-1-2-11-13-10(7-14(11)6-9)8-3-4-12-5-8/h1-2,6-8,12,15H,3-5H2. The summed E-state index contributed by atoms with van der Waals surface area (Å²) in [5.41, 5.74) is 2.01. The number of hydrogen-bond donors (Lipinski definition) is 2. The first-order valence-corrected chi connectivity index (χ1v) is 5.21. The summed E-state index contributed by atoms with van der Waals surface area (Å²) >= 11 is 0. The monoisotopic (exact) mass is 203 g/mol. The van der Waals surface area contributed by atoms with Crippen molar-refractivity contribution in [3.8, 4) is 5.75 Å². The lowest BCUT2D eigenvalue weighted by Crippen LogP contribution is -2.07. The third-order valence-corrected chi connectivity index (χ3v) is 2.93. The zero-order valence-corrected chi connectivity index (χ0v) is 8.35. The van der Waals surface area contributed by atoms with Crippen molar-refractivity contribution < 1.29 is 5.11 Å². The fourth-order valence-electron chi connectivity index (χ4n) is 2.10. The molecule has 1 atom stereocenters. The van der Waals surface area contributed by atoms with Crippen molar-refractivity contribution in [3.05, 3.63) is 30.2 Å². The van der Waals surface area contributed by atoms with Gasteiger partial charge in [0.15, 0.2) is 0 Å². The summed E-state index contributed by atoms with van der Waals surface area (Å²) in [6.07, 6.45) is 4.84. The van der Waals surface area contributed by atoms with E-state index >= 15 is 0 Å². The van der Waals surface area contributed by atoms with E-state index in [-0.39, 0.29) is 5.75 Å². The molecular formula is C11H13N3O. The second kappa shape index (κ2) is 3.24. The van der Waals surface area contributed by atoms with E-state index in [9.17, 15) is 5.11 Å². The molecule has 3 rings (SSSR count). The van der Waals surface area contributed by atoms with Crippen LogP contribution in [0.2, 0.25) is 0 Å². The van der Waals surface area contributed by atoms with Crippen LogP contribution >= 0.6 is 0 Å². The minimum atomic E-state index is 0.274. The number of pyridine rings is 1. The number of rotatable bonds is 1. The highest BCUT2D eigenvalue weighted by molar-refractivity contribution is 5.43. The zero-order chi connectivity index (χ0) is 10.3. The van der Waals surface area contributed by atoms with Crippen LogP contribution in [0.5, 0.6) is 5.75 Å². The minimum absolute atomic E-state index is 0.274. The van der Waals surface area contributed by atoms with Gasteiger partial charge in [0.25, 0.3) is 0 Å². The summed E-state index contributed by atoms with van der Waals surface area (Å²) in [7, 11) is 0. The predicted octanol–water partition coefficient (Wildman–Crippen LogP) is 1.12. The number of nitrogens with one attached hydrogen (secondary N) is 1. The Hall–Kier alpha value is -1.55. The van der Waals surface area contributed by atoms with Crippen molar-refractivity contribution >= 4 is 5.65 Å². The Bertz CT molecular complexity index is 486. The van der Waals surface area contributed by atoms with Crippen LogP contribution in [-0.2, 0) is 0 Å². The van der Waals surface area contributed by atoms with Gasteiger partial charge in [-0.3, -0.25) is 0 Å². The Morgan fingerprint density at radius 2 is 2.33 bits per heavy atom. The van der Waals surface area contributed by atoms with E-state index in [0.29, 0.717) is 5.92 Å². The molecule has 1 aliphatic heterocycles. The van der Waals surface area contributed by atoms with Crippen LogP contribution in [0.25, 0.3) is 5.65 Å². The molecule has 15 heavy (non-hydrogen) atoms. The summed E-state index contributed by atoms with van der Waals surface area (Å²) in [5, 5.41) is 12.7. The summed E-state index contributed by atoms with van der Waals surface area (Å²) in [6.45, 7) is 2.08. The lowest BCUT2D eigenvalue weighted by atomic mass is 10.1. The molecule has 1 aliphatic rings. The van der Waals surface area contributed by atoms with Gasteiger partial charge in [0.05, 0.1) is 11.9 Å². The van der Waals surface area contributed by atoms with E-state index in [2.05, 4.69) is 10.3 Å². The van der Waals surface area contributed by atoms with Gasteiger partial charge in [-0.15, -0.1) is 0 Å². The van der Waals surface area contributed by atoms with E-state index in [1.54, 1.807) is 12.3 Å². The number of fused-ring (bicyclic) bond motifs is 1. The molecule has 1 saturated heterocycles. The van der Waals surface area contributed by atoms with E-state index in [0.717, 1.165) is 30.9 Å². The smallest absolute Gasteiger partial charge is 0.137 e. The van der Waals surface area contributed by atoms with Crippen LogP contribution in [0.15, 0.2) is 24.5 Å². The van der Waals surface area contributed by atoms with E-state index < -0.39 is 0 Å². The van der Waals surface area contributed by atoms with Crippen molar-refractivity contribution in [3.63, 3.8) is 0 Å². The number of imidazole rings is 1. The van der Waals surface area contributed by atoms with Crippen LogP contribution in [0.4, 0.5) is 0 Å². The van der Waals surface area contributed by atoms with Crippen LogP contribution in [0.3, 0.4) is 0 Å². The van der Waals surface area contributed by atoms with Gasteiger partial charge in [-0.1, -0.05) is 0 Å². The molecule has 0 radical (unpaired) electrons. The minimum Gasteiger partial charge on any atom is -0.506 e. The second-order valence-electron chi connectivity index (χ2n) is 4.01. The predicted molar refractivity (Wildman–Crippen MR) is 57.1 cm³/mol. The highest BCUT2D eigenvalue weighted by Gasteiger charge is 2.19. The normalized spacial score (nSPS) is 21.2. The fourth-order valence-corrected chi connectivity index (χ4v) is 2.10. The average Bonchev–Trinajstić information content (AvgIpc) is 2.84. The van der Waals surface area contributed by atoms with Gasteiger partial charge in [0.2, 0.25) is 0 Å². The quantitative estimate of drug-likeness (QED) is 0.730. The molecule has 2 aromatic heterocycles. The molecule has 78 valence electrons. The van der Waals surface area contributed by atoms with Crippen molar-refractivity contribution in [1.82, 2.24) is 14.7 Å². The lowest BCUT2D eigenvalue weighted by molar-refractivity contribution is 0.472. The molecule has 0 aromatic carbocycles. The largest absolute Gasteiger partial charge is 0.506 e. The molecule has 1 unspecified atom stereocenters. The van der Waals surface area contributed by atoms with Crippen molar-refractivity contribution in [2.24, 2.45) is 0 Å². The third kappa shape index (κ3) is 1.47. The molecule has 4 nitrogen and oxygen atoms in total. The molecule has 3 heterocycles. The van der Waals surface area contributed by atoms with Gasteiger partial charge >= 0.3 is 0 Å². The van der Waals surface area contributed by atoms with E-state index in [1.165, 1.54) is 0 Å². The van der Waals surface area contributed by atoms with Crippen molar-refractivity contribution in [1.29, 1.82) is 0 Å². The molecule has 1 fully saturated rings. The fraction of sp³-hybridized carbons (Fsp3) is 0.364. The zero-order valence-electron chi connectivity index (χ0n) is 8.35.